The number of allylic oxidation sites excluding steroid dienone is 1. The van der Waals surface area contributed by atoms with Gasteiger partial charge in [0.05, 0.1) is 5.41 Å². The summed E-state index contributed by atoms with van der Waals surface area (Å²) in [4.78, 5) is 0. The summed E-state index contributed by atoms with van der Waals surface area (Å²) in [5.41, 5.74) is 15.2. The summed E-state index contributed by atoms with van der Waals surface area (Å²) >= 11 is 0. The van der Waals surface area contributed by atoms with E-state index in [2.05, 4.69) is 97.9 Å². The Balaban J connectivity index is 1.72. The summed E-state index contributed by atoms with van der Waals surface area (Å²) in [5, 5.41) is 0. The normalized spacial score (nSPS) is 15.8. The quantitative estimate of drug-likeness (QED) is 0.273. The van der Waals surface area contributed by atoms with Gasteiger partial charge in [-0.2, -0.15) is 0 Å². The third-order valence-electron chi connectivity index (χ3n) is 7.14. The molecule has 0 unspecified atom stereocenters. The van der Waals surface area contributed by atoms with E-state index in [0.29, 0.717) is 0 Å². The van der Waals surface area contributed by atoms with Gasteiger partial charge in [-0.15, -0.1) is 0 Å². The molecule has 0 aromatic heterocycles. The largest absolute Gasteiger partial charge is 0.0795 e. The smallest absolute Gasteiger partial charge is 0.0725 e. The molecule has 0 bridgehead atoms. The molecule has 0 N–H and O–H groups in total. The molecular weight excluding hydrogens is 348 g/mol. The molecule has 0 aliphatic heterocycles. The summed E-state index contributed by atoms with van der Waals surface area (Å²) in [6, 6.07) is 30.0. The van der Waals surface area contributed by atoms with Gasteiger partial charge in [-0.3, -0.25) is 0 Å². The molecule has 0 saturated carbocycles. The number of hydrogen-bond donors (Lipinski definition) is 0. The van der Waals surface area contributed by atoms with E-state index in [9.17, 15) is 0 Å². The minimum absolute atomic E-state index is 0.213. The average Bonchev–Trinajstić information content (AvgIpc) is 3.41. The molecule has 0 fully saturated rings. The molecule has 136 valence electrons. The van der Waals surface area contributed by atoms with Crippen molar-refractivity contribution in [2.45, 2.75) is 18.8 Å². The lowest BCUT2D eigenvalue weighted by atomic mass is 9.70. The van der Waals surface area contributed by atoms with E-state index in [1.807, 2.05) is 0 Å². The Morgan fingerprint density at radius 1 is 0.621 bits per heavy atom. The topological polar surface area (TPSA) is 0 Å². The van der Waals surface area contributed by atoms with Crippen LogP contribution in [0.4, 0.5) is 0 Å². The minimum Gasteiger partial charge on any atom is -0.0795 e. The molecule has 4 aromatic rings. The minimum atomic E-state index is -0.213. The zero-order chi connectivity index (χ0) is 19.2. The number of aryl methyl sites for hydroxylation is 1. The second-order valence-corrected chi connectivity index (χ2v) is 8.59. The van der Waals surface area contributed by atoms with Crippen LogP contribution in [-0.2, 0) is 11.8 Å². The highest BCUT2D eigenvalue weighted by Gasteiger charge is 2.51. The number of fused-ring (bicyclic) bond motifs is 11. The first-order valence-electron chi connectivity index (χ1n) is 10.4. The van der Waals surface area contributed by atoms with Crippen molar-refractivity contribution in [3.63, 3.8) is 0 Å². The zero-order valence-corrected chi connectivity index (χ0v) is 16.4. The maximum atomic E-state index is 2.47. The van der Waals surface area contributed by atoms with Crippen LogP contribution in [0.2, 0.25) is 0 Å². The van der Waals surface area contributed by atoms with Crippen molar-refractivity contribution in [1.82, 2.24) is 0 Å². The fraction of sp³-hybridized carbons (Fsp3) is 0.103. The maximum absolute atomic E-state index is 2.47. The lowest BCUT2D eigenvalue weighted by Crippen LogP contribution is -2.26. The fourth-order valence-corrected chi connectivity index (χ4v) is 6.00. The zero-order valence-electron chi connectivity index (χ0n) is 16.4. The van der Waals surface area contributed by atoms with Crippen LogP contribution in [0.15, 0.2) is 84.9 Å². The fourth-order valence-electron chi connectivity index (χ4n) is 6.00. The van der Waals surface area contributed by atoms with E-state index in [-0.39, 0.29) is 5.41 Å². The average molecular weight is 368 g/mol. The number of hydrogen-bond acceptors (Lipinski definition) is 0. The van der Waals surface area contributed by atoms with Crippen LogP contribution in [0.1, 0.15) is 38.9 Å². The van der Waals surface area contributed by atoms with Gasteiger partial charge in [0.2, 0.25) is 0 Å². The van der Waals surface area contributed by atoms with Gasteiger partial charge in [0.25, 0.3) is 0 Å². The second kappa shape index (κ2) is 5.15. The number of rotatable bonds is 0. The van der Waals surface area contributed by atoms with Crippen molar-refractivity contribution in [3.05, 3.63) is 124 Å². The molecule has 0 nitrogen and oxygen atoms in total. The Kier molecular flexibility index (Phi) is 2.76. The van der Waals surface area contributed by atoms with Crippen molar-refractivity contribution < 1.29 is 0 Å². The molecule has 29 heavy (non-hydrogen) atoms. The molecule has 1 spiro atoms. The van der Waals surface area contributed by atoms with E-state index >= 15 is 0 Å². The Bertz CT molecular complexity index is 1340. The van der Waals surface area contributed by atoms with Crippen LogP contribution in [0.3, 0.4) is 0 Å². The summed E-state index contributed by atoms with van der Waals surface area (Å²) in [7, 11) is 0. The summed E-state index contributed by atoms with van der Waals surface area (Å²) in [6.45, 7) is 2.21. The van der Waals surface area contributed by atoms with Crippen LogP contribution in [-0.4, -0.2) is 0 Å². The molecule has 7 rings (SSSR count). The third kappa shape index (κ3) is 1.72. The highest BCUT2D eigenvalue weighted by molar-refractivity contribution is 5.95. The molecule has 3 aliphatic carbocycles. The van der Waals surface area contributed by atoms with Crippen molar-refractivity contribution in [2.24, 2.45) is 0 Å². The second-order valence-electron chi connectivity index (χ2n) is 8.59. The Morgan fingerprint density at radius 3 is 2.03 bits per heavy atom. The number of benzene rings is 4. The first-order valence-corrected chi connectivity index (χ1v) is 10.4. The molecule has 0 atom stereocenters. The molecule has 0 heteroatoms. The monoisotopic (exact) mass is 368 g/mol. The molecule has 0 heterocycles. The summed E-state index contributed by atoms with van der Waals surface area (Å²) in [5.74, 6) is 0. The third-order valence-corrected chi connectivity index (χ3v) is 7.14. The van der Waals surface area contributed by atoms with Crippen LogP contribution < -0.4 is 0 Å². The van der Waals surface area contributed by atoms with Gasteiger partial charge in [0, 0.05) is 0 Å². The van der Waals surface area contributed by atoms with Gasteiger partial charge in [0.15, 0.2) is 0 Å². The van der Waals surface area contributed by atoms with Crippen molar-refractivity contribution >= 4 is 6.08 Å². The van der Waals surface area contributed by atoms with Crippen molar-refractivity contribution in [2.75, 3.05) is 0 Å². The molecular formula is C29H20. The highest BCUT2D eigenvalue weighted by atomic mass is 14.5. The SMILES string of the molecule is Cc1ccc2c(c1)C1(c3ccccc3-c3ccccc31)c1cc3c(cc1-2)CC=C3. The van der Waals surface area contributed by atoms with Gasteiger partial charge >= 0.3 is 0 Å². The predicted octanol–water partition coefficient (Wildman–Crippen LogP) is 6.91. The molecule has 4 aromatic carbocycles. The van der Waals surface area contributed by atoms with E-state index < -0.39 is 0 Å². The standard InChI is InChI=1S/C29H20/c1-18-13-14-23-24-16-19-7-6-8-20(19)17-28(24)29(27(23)15-18)25-11-4-2-9-21(25)22-10-3-5-12-26(22)29/h2-6,8-17H,7H2,1H3. The van der Waals surface area contributed by atoms with E-state index in [1.54, 1.807) is 0 Å². The van der Waals surface area contributed by atoms with Gasteiger partial charge in [-0.25, -0.2) is 0 Å². The first kappa shape index (κ1) is 15.5. The van der Waals surface area contributed by atoms with Crippen LogP contribution in [0.25, 0.3) is 28.3 Å². The van der Waals surface area contributed by atoms with Crippen LogP contribution in [0.5, 0.6) is 0 Å². The lowest BCUT2D eigenvalue weighted by molar-refractivity contribution is 0.792. The summed E-state index contributed by atoms with van der Waals surface area (Å²) < 4.78 is 0. The van der Waals surface area contributed by atoms with Crippen LogP contribution in [0, 0.1) is 6.92 Å². The van der Waals surface area contributed by atoms with Gasteiger partial charge in [0.1, 0.15) is 0 Å². The van der Waals surface area contributed by atoms with E-state index in [1.165, 1.54) is 61.2 Å². The van der Waals surface area contributed by atoms with Crippen molar-refractivity contribution in [3.8, 4) is 22.3 Å². The highest BCUT2D eigenvalue weighted by Crippen LogP contribution is 2.63. The van der Waals surface area contributed by atoms with Gasteiger partial charge in [-0.1, -0.05) is 84.4 Å². The molecule has 0 saturated heterocycles. The van der Waals surface area contributed by atoms with Crippen molar-refractivity contribution in [1.29, 1.82) is 0 Å². The van der Waals surface area contributed by atoms with E-state index in [0.717, 1.165) is 6.42 Å². The summed E-state index contributed by atoms with van der Waals surface area (Å²) in [6.07, 6.45) is 5.63. The Hall–Kier alpha value is -3.38. The Morgan fingerprint density at radius 2 is 1.28 bits per heavy atom. The Labute approximate surface area is 171 Å². The lowest BCUT2D eigenvalue weighted by Gasteiger charge is -2.31. The molecule has 0 radical (unpaired) electrons. The van der Waals surface area contributed by atoms with Gasteiger partial charge in [-0.05, 0) is 81.1 Å². The molecule has 3 aliphatic rings. The molecule has 0 amide bonds. The van der Waals surface area contributed by atoms with E-state index in [4.69, 9.17) is 0 Å². The predicted molar refractivity (Wildman–Crippen MR) is 120 cm³/mol. The van der Waals surface area contributed by atoms with Gasteiger partial charge < -0.3 is 0 Å². The first-order chi connectivity index (χ1) is 14.3. The maximum Gasteiger partial charge on any atom is 0.0725 e. The van der Waals surface area contributed by atoms with Crippen LogP contribution >= 0.6 is 0 Å².